The Kier molecular flexibility index (Phi) is 35.3. The molecule has 6 N–H and O–H groups in total. The predicted octanol–water partition coefficient (Wildman–Crippen LogP) is 15.1. The first-order valence-corrected chi connectivity index (χ1v) is 30.5. The molecule has 0 bridgehead atoms. The van der Waals surface area contributed by atoms with Crippen LogP contribution in [0.4, 0.5) is 0 Å². The van der Waals surface area contributed by atoms with E-state index >= 15 is 0 Å². The number of aldehydes is 1. The topological polar surface area (TPSA) is 362 Å². The summed E-state index contributed by atoms with van der Waals surface area (Å²) in [6.07, 6.45) is 8.68. The van der Waals surface area contributed by atoms with Crippen molar-refractivity contribution in [2.24, 2.45) is 0 Å². The number of carbonyl (C=O) groups excluding carboxylic acids is 3. The van der Waals surface area contributed by atoms with Crippen LogP contribution in [-0.4, -0.2) is 109 Å². The molecule has 0 radical (unpaired) electrons. The summed E-state index contributed by atoms with van der Waals surface area (Å²) in [7, 11) is 5.58. The minimum Gasteiger partial charge on any atom is -0.870 e. The van der Waals surface area contributed by atoms with Gasteiger partial charge in [0, 0.05) is 29.7 Å². The lowest BCUT2D eigenvalue weighted by Gasteiger charge is -2.11. The molecule has 0 saturated carbocycles. The maximum atomic E-state index is 12.4. The fourth-order valence-corrected chi connectivity index (χ4v) is 9.38. The second-order valence-corrected chi connectivity index (χ2v) is 21.6. The quantitative estimate of drug-likeness (QED) is 0.0686. The molecule has 98 heavy (non-hydrogen) atoms. The molecule has 31 heteroatoms. The lowest BCUT2D eigenvalue weighted by atomic mass is 10.2. The second-order valence-electron chi connectivity index (χ2n) is 18.3. The first kappa shape index (κ1) is 82.4. The van der Waals surface area contributed by atoms with Crippen LogP contribution in [0.5, 0.6) is 34.8 Å². The highest BCUT2D eigenvalue weighted by atomic mass is 35.5. The van der Waals surface area contributed by atoms with E-state index in [1.54, 1.807) is 36.6 Å². The number of para-hydroxylation sites is 8. The third kappa shape index (κ3) is 23.8. The number of halogens is 8. The molecular weight excluding hydrogens is 1440 g/mol. The third-order valence-corrected chi connectivity index (χ3v) is 14.2. The molecule has 4 heterocycles. The zero-order valence-corrected chi connectivity index (χ0v) is 58.0. The van der Waals surface area contributed by atoms with E-state index in [1.807, 2.05) is 84.9 Å². The van der Waals surface area contributed by atoms with Gasteiger partial charge in [-0.05, 0) is 91.0 Å². The van der Waals surface area contributed by atoms with Crippen LogP contribution in [0.25, 0.3) is 44.1 Å². The van der Waals surface area contributed by atoms with E-state index in [-0.39, 0.29) is 98.4 Å². The number of benzene rings is 8. The van der Waals surface area contributed by atoms with E-state index in [2.05, 4.69) is 53.7 Å². The first-order valence-electron chi connectivity index (χ1n) is 27.4. The number of nitrogens with zero attached hydrogens (tertiary/aromatic N) is 6. The first-order chi connectivity index (χ1) is 46.1. The van der Waals surface area contributed by atoms with Crippen LogP contribution in [0.3, 0.4) is 0 Å². The molecule has 8 aromatic carbocycles. The van der Waals surface area contributed by atoms with E-state index in [0.717, 1.165) is 27.6 Å². The number of nitrogens with one attached hydrogen (secondary N) is 2. The number of methoxy groups -OCH3 is 4. The van der Waals surface area contributed by atoms with Gasteiger partial charge in [0.2, 0.25) is 5.88 Å². The molecule has 0 atom stereocenters. The molecule has 0 aliphatic heterocycles. The molecule has 0 fully saturated rings. The van der Waals surface area contributed by atoms with Crippen LogP contribution in [0, 0.1) is 0 Å². The zero-order chi connectivity index (χ0) is 70.4. The monoisotopic (exact) mass is 1490 g/mol. The van der Waals surface area contributed by atoms with Crippen molar-refractivity contribution >= 4 is 161 Å². The van der Waals surface area contributed by atoms with Crippen molar-refractivity contribution in [3.63, 3.8) is 0 Å². The van der Waals surface area contributed by atoms with E-state index in [0.29, 0.717) is 43.7 Å². The molecule has 0 aliphatic carbocycles. The summed E-state index contributed by atoms with van der Waals surface area (Å²) in [5.41, 5.74) is 5.94. The molecule has 0 amide bonds. The lowest BCUT2D eigenvalue weighted by Crippen LogP contribution is -2.12. The number of carbonyl (C=O) groups is 3. The van der Waals surface area contributed by atoms with Crippen molar-refractivity contribution in [2.45, 2.75) is 20.3 Å². The molecule has 23 nitrogen and oxygen atoms in total. The van der Waals surface area contributed by atoms with Gasteiger partial charge in [-0.3, -0.25) is 24.4 Å². The normalized spacial score (nSPS) is 9.69. The SMILES string of the molecule is CCC.COc1c(Cl)ccc(Cl)c1C(=O)O.COc1c(Cl)ccc(Cl)c1C(=O)Oc1cnc2ccccc2n1.COc1c(Cl)ccc(Cl)c1C=O.COc1c(Cl)ccc(Cl)c1[C+]=O.O.O=c1cnc2ccccc2[nH]1.O=c1cnc2ccccc2[nH]1.[O-]c1cnc2ccccc2n1.[OH-]. The molecular formula is C67H55Cl8N8O15-. The van der Waals surface area contributed by atoms with E-state index < -0.39 is 11.9 Å². The maximum absolute atomic E-state index is 12.4. The summed E-state index contributed by atoms with van der Waals surface area (Å²) < 4.78 is 25.0. The molecule has 0 unspecified atom stereocenters. The van der Waals surface area contributed by atoms with Crippen LogP contribution in [-0.2, 0) is 4.79 Å². The maximum Gasteiger partial charge on any atom is 0.350 e. The summed E-state index contributed by atoms with van der Waals surface area (Å²) in [5, 5.41) is 21.6. The van der Waals surface area contributed by atoms with Gasteiger partial charge >= 0.3 is 18.2 Å². The highest BCUT2D eigenvalue weighted by Gasteiger charge is 2.24. The Labute approximate surface area is 598 Å². The summed E-state index contributed by atoms with van der Waals surface area (Å²) in [5.74, 6) is -1.29. The Bertz CT molecular complexity index is 4640. The fourth-order valence-electron chi connectivity index (χ4n) is 7.59. The highest BCUT2D eigenvalue weighted by Crippen LogP contribution is 2.37. The number of carboxylic acid groups (broad SMARTS) is 1. The predicted molar refractivity (Wildman–Crippen MR) is 379 cm³/mol. The number of rotatable bonds is 9. The largest absolute Gasteiger partial charge is 0.870 e. The average Bonchev–Trinajstić information content (AvgIpc) is 0.868. The summed E-state index contributed by atoms with van der Waals surface area (Å²) in [6, 6.07) is 41.5. The molecule has 12 rings (SSSR count). The molecule has 12 aromatic rings. The van der Waals surface area contributed by atoms with Gasteiger partial charge < -0.3 is 54.8 Å². The van der Waals surface area contributed by atoms with Crippen LogP contribution in [0.2, 0.25) is 40.2 Å². The minimum atomic E-state index is -1.16. The number of aromatic nitrogens is 8. The van der Waals surface area contributed by atoms with Crippen molar-refractivity contribution in [2.75, 3.05) is 28.4 Å². The molecule has 510 valence electrons. The van der Waals surface area contributed by atoms with Gasteiger partial charge in [0.15, 0.2) is 22.8 Å². The number of carboxylic acids is 1. The average molecular weight is 1500 g/mol. The van der Waals surface area contributed by atoms with Gasteiger partial charge in [-0.25, -0.2) is 29.5 Å². The molecule has 0 spiro atoms. The Balaban J connectivity index is 0.000000300. The number of aromatic carboxylic acids is 1. The lowest BCUT2D eigenvalue weighted by molar-refractivity contribution is -0.275. The zero-order valence-electron chi connectivity index (χ0n) is 52.0. The number of hydrogen-bond donors (Lipinski definition) is 3. The summed E-state index contributed by atoms with van der Waals surface area (Å²) in [6.45, 7) is 4.25. The van der Waals surface area contributed by atoms with Crippen molar-refractivity contribution in [1.29, 1.82) is 0 Å². The Hall–Kier alpha value is -9.85. The number of esters is 1. The van der Waals surface area contributed by atoms with E-state index in [9.17, 15) is 33.9 Å². The van der Waals surface area contributed by atoms with Crippen molar-refractivity contribution in [3.8, 4) is 34.8 Å². The highest BCUT2D eigenvalue weighted by molar-refractivity contribution is 6.39. The van der Waals surface area contributed by atoms with Gasteiger partial charge in [0.25, 0.3) is 22.4 Å². The smallest absolute Gasteiger partial charge is 0.350 e. The van der Waals surface area contributed by atoms with Crippen molar-refractivity contribution in [3.05, 3.63) is 254 Å². The van der Waals surface area contributed by atoms with Crippen LogP contribution >= 0.6 is 92.8 Å². The number of H-pyrrole nitrogens is 2. The number of ether oxygens (including phenoxy) is 5. The standard InChI is InChI=1S/C16H10Cl2N2O3.C8H6Cl2O3.C8H6Cl2O2.C8H5Cl2O2.3C8H6N2O.C3H8.2H2O/c1-22-15-10(18)7-6-9(17)14(15)16(21)23-13-8-19-11-4-2-3-5-12(11)20-13;1-13-7-5(10)3-2-4(9)6(7)8(11)12;2*1-12-8-5(4-11)6(9)2-3-7(8)10;3*11-8-5-9-6-3-1-2-4-7(6)10-8;1-3-2;;/h2-8H,1H3;2-3H,1H3,(H,11,12);2-4H,1H3;2-3H,1H3;3*1-5H,(H,10,11);3H2,1-2H3;2*1H2/q;;;+1;;;;;;/p-2. The number of aromatic amines is 2. The van der Waals surface area contributed by atoms with Gasteiger partial charge in [0.1, 0.15) is 21.9 Å². The Morgan fingerprint density at radius 1 is 0.490 bits per heavy atom. The van der Waals surface area contributed by atoms with Crippen LogP contribution < -0.4 is 39.9 Å². The Morgan fingerprint density at radius 2 is 0.847 bits per heavy atom. The van der Waals surface area contributed by atoms with Gasteiger partial charge in [0.05, 0.1) is 127 Å². The molecule has 4 aromatic heterocycles. The second kappa shape index (κ2) is 42.0. The van der Waals surface area contributed by atoms with Crippen molar-refractivity contribution < 1.29 is 64.0 Å². The van der Waals surface area contributed by atoms with E-state index in [1.165, 1.54) is 90.0 Å². The Morgan fingerprint density at radius 3 is 1.27 bits per heavy atom. The van der Waals surface area contributed by atoms with Gasteiger partial charge in [-0.15, -0.1) is 4.79 Å². The number of hydrogen-bond acceptors (Lipinski definition) is 19. The van der Waals surface area contributed by atoms with Crippen molar-refractivity contribution in [1.82, 2.24) is 39.9 Å². The fraction of sp³-hybridized carbons (Fsp3) is 0.104. The molecule has 0 aliphatic rings. The van der Waals surface area contributed by atoms with Crippen LogP contribution in [0.15, 0.2) is 180 Å². The van der Waals surface area contributed by atoms with Gasteiger partial charge in [-0.1, -0.05) is 150 Å². The summed E-state index contributed by atoms with van der Waals surface area (Å²) >= 11 is 46.3. The summed E-state index contributed by atoms with van der Waals surface area (Å²) in [4.78, 5) is 94.9. The van der Waals surface area contributed by atoms with Crippen LogP contribution in [0.1, 0.15) is 56.9 Å². The van der Waals surface area contributed by atoms with Gasteiger partial charge in [-0.2, -0.15) is 0 Å². The number of fused-ring (bicyclic) bond motifs is 4. The van der Waals surface area contributed by atoms with E-state index in [4.69, 9.17) is 122 Å². The molecule has 0 saturated heterocycles. The third-order valence-electron chi connectivity index (χ3n) is 11.7. The minimum absolute atomic E-state index is 0.